The van der Waals surface area contributed by atoms with Crippen LogP contribution in [0.4, 0.5) is 0 Å². The summed E-state index contributed by atoms with van der Waals surface area (Å²) in [6.45, 7) is 7.14. The fourth-order valence-corrected chi connectivity index (χ4v) is 11.7. The van der Waals surface area contributed by atoms with Gasteiger partial charge in [-0.15, -0.1) is 0 Å². The zero-order valence-electron chi connectivity index (χ0n) is 11.2. The molecule has 1 saturated heterocycles. The Kier molecular flexibility index (Phi) is 4.03. The summed E-state index contributed by atoms with van der Waals surface area (Å²) < 4.78 is 0.899. The van der Waals surface area contributed by atoms with Gasteiger partial charge in [-0.25, -0.2) is 0 Å². The first-order valence-corrected chi connectivity index (χ1v) is 10.4. The summed E-state index contributed by atoms with van der Waals surface area (Å²) >= 11 is 2.76. The highest BCUT2D eigenvalue weighted by molar-refractivity contribution is 14.1. The van der Waals surface area contributed by atoms with Gasteiger partial charge in [-0.2, -0.15) is 0 Å². The lowest BCUT2D eigenvalue weighted by Crippen LogP contribution is -2.60. The fourth-order valence-electron chi connectivity index (χ4n) is 2.84. The van der Waals surface area contributed by atoms with Crippen LogP contribution in [0.2, 0.25) is 12.1 Å². The van der Waals surface area contributed by atoms with Crippen molar-refractivity contribution in [2.75, 3.05) is 0 Å². The third kappa shape index (κ3) is 2.95. The van der Waals surface area contributed by atoms with Crippen LogP contribution >= 0.6 is 22.6 Å². The van der Waals surface area contributed by atoms with Crippen LogP contribution in [0.5, 0.6) is 0 Å². The van der Waals surface area contributed by atoms with Gasteiger partial charge in [-0.3, -0.25) is 0 Å². The molecule has 1 aromatic carbocycles. The molecule has 1 fully saturated rings. The van der Waals surface area contributed by atoms with E-state index in [0.29, 0.717) is 5.41 Å². The molecule has 2 rings (SSSR count). The van der Waals surface area contributed by atoms with Crippen molar-refractivity contribution < 1.29 is 0 Å². The van der Waals surface area contributed by atoms with E-state index in [1.54, 1.807) is 5.19 Å². The first kappa shape index (κ1) is 13.6. The highest BCUT2D eigenvalue weighted by Crippen LogP contribution is 2.42. The van der Waals surface area contributed by atoms with Crippen molar-refractivity contribution in [3.63, 3.8) is 0 Å². The molecule has 0 radical (unpaired) electrons. The molecule has 0 aromatic heterocycles. The van der Waals surface area contributed by atoms with Gasteiger partial charge >= 0.3 is 0 Å². The maximum atomic E-state index is 2.76. The third-order valence-electron chi connectivity index (χ3n) is 3.99. The molecule has 0 spiro atoms. The summed E-state index contributed by atoms with van der Waals surface area (Å²) in [6, 6.07) is 14.4. The van der Waals surface area contributed by atoms with Crippen molar-refractivity contribution in [2.24, 2.45) is 5.41 Å². The summed E-state index contributed by atoms with van der Waals surface area (Å²) in [6.07, 6.45) is 2.83. The molecule has 0 saturated carbocycles. The highest BCUT2D eigenvalue weighted by atomic mass is 127. The minimum Gasteiger partial charge on any atom is -0.0856 e. The summed E-state index contributed by atoms with van der Waals surface area (Å²) in [5.41, 5.74) is 0.468. The van der Waals surface area contributed by atoms with E-state index >= 15 is 0 Å². The molecule has 94 valence electrons. The van der Waals surface area contributed by atoms with Crippen molar-refractivity contribution in [1.29, 1.82) is 0 Å². The summed E-state index contributed by atoms with van der Waals surface area (Å²) in [5, 5.41) is 1.70. The van der Waals surface area contributed by atoms with Crippen molar-refractivity contribution >= 4 is 35.9 Å². The van der Waals surface area contributed by atoms with E-state index in [9.17, 15) is 0 Å². The molecule has 1 unspecified atom stereocenters. The van der Waals surface area contributed by atoms with Crippen molar-refractivity contribution in [2.45, 2.75) is 49.2 Å². The molecule has 0 bridgehead atoms. The Morgan fingerprint density at radius 1 is 1.18 bits per heavy atom. The van der Waals surface area contributed by atoms with Gasteiger partial charge in [0.1, 0.15) is 0 Å². The summed E-state index contributed by atoms with van der Waals surface area (Å²) in [5.74, 6) is 0. The van der Waals surface area contributed by atoms with Gasteiger partial charge in [-0.05, 0) is 11.8 Å². The number of rotatable bonds is 3. The van der Waals surface area contributed by atoms with E-state index in [1.165, 1.54) is 24.9 Å². The largest absolute Gasteiger partial charge is 0.0996 e. The Hall–Kier alpha value is 0.167. The van der Waals surface area contributed by atoms with E-state index in [4.69, 9.17) is 0 Å². The van der Waals surface area contributed by atoms with Crippen LogP contribution in [0.1, 0.15) is 33.6 Å². The number of hydrogen-bond acceptors (Lipinski definition) is 0. The van der Waals surface area contributed by atoms with Crippen molar-refractivity contribution in [1.82, 2.24) is 0 Å². The highest BCUT2D eigenvalue weighted by Gasteiger charge is 2.47. The molecule has 2 heteroatoms. The lowest BCUT2D eigenvalue weighted by Gasteiger charge is -2.46. The first-order chi connectivity index (χ1) is 7.94. The topological polar surface area (TPSA) is 0 Å². The second kappa shape index (κ2) is 5.04. The Morgan fingerprint density at radius 2 is 1.76 bits per heavy atom. The minimum atomic E-state index is -1.15. The Labute approximate surface area is 120 Å². The molecular weight excluding hydrogens is 335 g/mol. The maximum Gasteiger partial charge on any atom is 0.0996 e. The average molecular weight is 358 g/mol. The molecular formula is C15H23ISi. The predicted molar refractivity (Wildman–Crippen MR) is 87.9 cm³/mol. The van der Waals surface area contributed by atoms with Crippen molar-refractivity contribution in [3.8, 4) is 0 Å². The second-order valence-corrected chi connectivity index (χ2v) is 13.9. The van der Waals surface area contributed by atoms with Gasteiger partial charge in [-0.1, -0.05) is 97.4 Å². The Morgan fingerprint density at radius 3 is 2.18 bits per heavy atom. The van der Waals surface area contributed by atoms with Crippen LogP contribution in [0.15, 0.2) is 30.3 Å². The lowest BCUT2D eigenvalue weighted by atomic mass is 9.93. The molecule has 17 heavy (non-hydrogen) atoms. The average Bonchev–Trinajstić information content (AvgIpc) is 2.14. The number of benzene rings is 1. The van der Waals surface area contributed by atoms with Gasteiger partial charge < -0.3 is 0 Å². The minimum absolute atomic E-state index is 0.468. The quantitative estimate of drug-likeness (QED) is 0.423. The van der Waals surface area contributed by atoms with E-state index < -0.39 is 8.07 Å². The molecule has 0 N–H and O–H groups in total. The third-order valence-corrected chi connectivity index (χ3v) is 13.4. The lowest BCUT2D eigenvalue weighted by molar-refractivity contribution is 0.392. The molecule has 1 aromatic rings. The predicted octanol–water partition coefficient (Wildman–Crippen LogP) is 4.53. The monoisotopic (exact) mass is 358 g/mol. The number of hydrogen-bond donors (Lipinski definition) is 0. The van der Waals surface area contributed by atoms with Crippen molar-refractivity contribution in [3.05, 3.63) is 30.3 Å². The second-order valence-electron chi connectivity index (χ2n) is 6.61. The number of halogens is 1. The molecule has 0 aliphatic carbocycles. The molecule has 0 amide bonds. The van der Waals surface area contributed by atoms with E-state index in [2.05, 4.69) is 73.7 Å². The molecule has 0 nitrogen and oxygen atoms in total. The van der Waals surface area contributed by atoms with Gasteiger partial charge in [0.25, 0.3) is 0 Å². The van der Waals surface area contributed by atoms with Crippen LogP contribution in [0.3, 0.4) is 0 Å². The van der Waals surface area contributed by atoms with Gasteiger partial charge in [0.15, 0.2) is 0 Å². The maximum absolute atomic E-state index is 2.76. The first-order valence-electron chi connectivity index (χ1n) is 6.64. The molecule has 1 aliphatic rings. The molecule has 1 atom stereocenters. The van der Waals surface area contributed by atoms with Crippen LogP contribution in [-0.2, 0) is 0 Å². The van der Waals surface area contributed by atoms with Gasteiger partial charge in [0, 0.05) is 3.55 Å². The van der Waals surface area contributed by atoms with E-state index in [-0.39, 0.29) is 0 Å². The Bertz CT molecular complexity index is 362. The van der Waals surface area contributed by atoms with Crippen LogP contribution < -0.4 is 5.19 Å². The fraction of sp³-hybridized carbons (Fsp3) is 0.600. The number of alkyl halides is 1. The summed E-state index contributed by atoms with van der Waals surface area (Å²) in [7, 11) is -1.15. The van der Waals surface area contributed by atoms with Crippen LogP contribution in [0, 0.1) is 5.41 Å². The van der Waals surface area contributed by atoms with Gasteiger partial charge in [0.2, 0.25) is 0 Å². The molecule has 1 aliphatic heterocycles. The van der Waals surface area contributed by atoms with Crippen LogP contribution in [0.25, 0.3) is 0 Å². The zero-order valence-corrected chi connectivity index (χ0v) is 14.3. The smallest absolute Gasteiger partial charge is 0.0856 e. The summed E-state index contributed by atoms with van der Waals surface area (Å²) in [4.78, 5) is 0. The normalized spacial score (nSPS) is 20.7. The van der Waals surface area contributed by atoms with Gasteiger partial charge in [0.05, 0.1) is 8.07 Å². The zero-order chi connectivity index (χ0) is 12.5. The standard InChI is InChI=1S/C15H23ISi/c1-15(2,3)12-14(16)17(10-7-11-17)13-8-5-4-6-9-13/h4-6,8-9,14H,7,10-12H2,1-3H3. The Balaban J connectivity index is 2.21. The SMILES string of the molecule is CC(C)(C)CC(I)[Si]1(c2ccccc2)CCC1. The van der Waals surface area contributed by atoms with E-state index in [1.807, 2.05) is 0 Å². The van der Waals surface area contributed by atoms with E-state index in [0.717, 1.165) is 3.55 Å². The molecule has 1 heterocycles. The van der Waals surface area contributed by atoms with Crippen LogP contribution in [-0.4, -0.2) is 11.6 Å².